The third-order valence-corrected chi connectivity index (χ3v) is 7.81. The zero-order valence-electron chi connectivity index (χ0n) is 24.1. The van der Waals surface area contributed by atoms with E-state index in [4.69, 9.17) is 0 Å². The third kappa shape index (κ3) is 8.40. The number of hydrogen-bond acceptors (Lipinski definition) is 7. The first-order valence-corrected chi connectivity index (χ1v) is 13.6. The van der Waals surface area contributed by atoms with Gasteiger partial charge in [-0.1, -0.05) is 41.0 Å². The standard InChI is InChI=1S/C27H49N5O5/c1-18(2)21(17-32-15-11-13-20(32)24(34)28-16-22(33)37-8)31(7)26(36)23(27(3,4)5)29-25(35)19-12-9-10-14-30(19)6/h18-21,23H,9-17H2,1-8H3,(H,28,34)(H,29,35)/t19?,20?,21-,23?/m1/s1. The topological polar surface area (TPSA) is 111 Å². The number of esters is 1. The largest absolute Gasteiger partial charge is 0.468 e. The number of amides is 3. The van der Waals surface area contributed by atoms with Gasteiger partial charge >= 0.3 is 5.97 Å². The number of carbonyl (C=O) groups excluding carboxylic acids is 4. The summed E-state index contributed by atoms with van der Waals surface area (Å²) in [6, 6.07) is -1.39. The van der Waals surface area contributed by atoms with Crippen molar-refractivity contribution < 1.29 is 23.9 Å². The SMILES string of the molecule is COC(=O)CNC(=O)C1CCCN1C[C@H](C(C)C)N(C)C(=O)C(NC(=O)C1CCCCN1C)C(C)(C)C. The molecule has 2 saturated heterocycles. The fraction of sp³-hybridized carbons (Fsp3) is 0.852. The molecule has 0 aromatic heterocycles. The van der Waals surface area contributed by atoms with Crippen molar-refractivity contribution in [3.63, 3.8) is 0 Å². The Kier molecular flexibility index (Phi) is 11.4. The van der Waals surface area contributed by atoms with Crippen molar-refractivity contribution in [3.8, 4) is 0 Å². The maximum absolute atomic E-state index is 13.9. The number of likely N-dealkylation sites (N-methyl/N-ethyl adjacent to an activating group) is 2. The van der Waals surface area contributed by atoms with E-state index in [0.717, 1.165) is 38.8 Å². The number of nitrogens with zero attached hydrogens (tertiary/aromatic N) is 3. The zero-order chi connectivity index (χ0) is 27.9. The highest BCUT2D eigenvalue weighted by molar-refractivity contribution is 5.90. The summed E-state index contributed by atoms with van der Waals surface area (Å²) in [5, 5.41) is 5.76. The summed E-state index contributed by atoms with van der Waals surface area (Å²) < 4.78 is 4.62. The molecular formula is C27H49N5O5. The molecule has 2 heterocycles. The first-order chi connectivity index (χ1) is 17.3. The molecule has 0 aliphatic carbocycles. The Hall–Kier alpha value is -2.20. The minimum absolute atomic E-state index is 0.0909. The molecule has 0 aromatic rings. The van der Waals surface area contributed by atoms with Gasteiger partial charge in [-0.05, 0) is 57.2 Å². The number of likely N-dealkylation sites (tertiary alicyclic amines) is 2. The third-order valence-electron chi connectivity index (χ3n) is 7.81. The molecule has 2 rings (SSSR count). The molecule has 0 bridgehead atoms. The number of piperidine rings is 1. The van der Waals surface area contributed by atoms with E-state index in [9.17, 15) is 19.2 Å². The van der Waals surface area contributed by atoms with E-state index in [2.05, 4.69) is 39.0 Å². The Bertz CT molecular complexity index is 811. The lowest BCUT2D eigenvalue weighted by Gasteiger charge is -2.41. The molecule has 2 fully saturated rings. The highest BCUT2D eigenvalue weighted by Crippen LogP contribution is 2.26. The maximum Gasteiger partial charge on any atom is 0.325 e. The van der Waals surface area contributed by atoms with Crippen molar-refractivity contribution >= 4 is 23.7 Å². The fourth-order valence-electron chi connectivity index (χ4n) is 5.37. The molecule has 212 valence electrons. The number of hydrogen-bond donors (Lipinski definition) is 2. The summed E-state index contributed by atoms with van der Waals surface area (Å²) in [4.78, 5) is 57.3. The Morgan fingerprint density at radius 1 is 1.00 bits per heavy atom. The van der Waals surface area contributed by atoms with Gasteiger partial charge in [-0.25, -0.2) is 0 Å². The van der Waals surface area contributed by atoms with Crippen LogP contribution in [0.15, 0.2) is 0 Å². The number of carbonyl (C=O) groups is 4. The van der Waals surface area contributed by atoms with Gasteiger partial charge in [-0.15, -0.1) is 0 Å². The molecule has 0 spiro atoms. The Morgan fingerprint density at radius 3 is 2.22 bits per heavy atom. The summed E-state index contributed by atoms with van der Waals surface area (Å²) in [6.45, 7) is 12.1. The number of rotatable bonds is 10. The highest BCUT2D eigenvalue weighted by atomic mass is 16.5. The van der Waals surface area contributed by atoms with E-state index in [1.165, 1.54) is 7.11 Å². The minimum Gasteiger partial charge on any atom is -0.468 e. The molecule has 3 unspecified atom stereocenters. The molecule has 4 atom stereocenters. The predicted octanol–water partition coefficient (Wildman–Crippen LogP) is 1.24. The van der Waals surface area contributed by atoms with Crippen LogP contribution in [0.5, 0.6) is 0 Å². The molecule has 3 amide bonds. The summed E-state index contributed by atoms with van der Waals surface area (Å²) in [6.07, 6.45) is 4.46. The lowest BCUT2D eigenvalue weighted by atomic mass is 9.84. The molecule has 2 aliphatic rings. The fourth-order valence-corrected chi connectivity index (χ4v) is 5.37. The second-order valence-electron chi connectivity index (χ2n) is 12.0. The van der Waals surface area contributed by atoms with Crippen LogP contribution in [0.4, 0.5) is 0 Å². The summed E-state index contributed by atoms with van der Waals surface area (Å²) in [5.41, 5.74) is -0.472. The average molecular weight is 524 g/mol. The van der Waals surface area contributed by atoms with Crippen LogP contribution in [0.1, 0.15) is 66.7 Å². The van der Waals surface area contributed by atoms with E-state index in [1.807, 2.05) is 27.8 Å². The van der Waals surface area contributed by atoms with Crippen LogP contribution in [-0.2, 0) is 23.9 Å². The molecule has 2 aliphatic heterocycles. The van der Waals surface area contributed by atoms with Crippen molar-refractivity contribution in [2.75, 3.05) is 47.4 Å². The van der Waals surface area contributed by atoms with Crippen LogP contribution in [0.2, 0.25) is 0 Å². The van der Waals surface area contributed by atoms with Gasteiger partial charge in [0.25, 0.3) is 0 Å². The first-order valence-electron chi connectivity index (χ1n) is 13.6. The van der Waals surface area contributed by atoms with E-state index in [-0.39, 0.29) is 48.3 Å². The van der Waals surface area contributed by atoms with E-state index in [1.54, 1.807) is 11.9 Å². The summed E-state index contributed by atoms with van der Waals surface area (Å²) in [7, 11) is 5.05. The second-order valence-corrected chi connectivity index (χ2v) is 12.0. The van der Waals surface area contributed by atoms with Crippen molar-refractivity contribution in [3.05, 3.63) is 0 Å². The van der Waals surface area contributed by atoms with Crippen LogP contribution in [-0.4, -0.2) is 110 Å². The van der Waals surface area contributed by atoms with Crippen LogP contribution in [0.25, 0.3) is 0 Å². The van der Waals surface area contributed by atoms with Crippen molar-refractivity contribution in [1.29, 1.82) is 0 Å². The maximum atomic E-state index is 13.9. The molecule has 37 heavy (non-hydrogen) atoms. The van der Waals surface area contributed by atoms with Crippen LogP contribution >= 0.6 is 0 Å². The van der Waals surface area contributed by atoms with E-state index >= 15 is 0 Å². The van der Waals surface area contributed by atoms with Crippen LogP contribution in [0.3, 0.4) is 0 Å². The predicted molar refractivity (Wildman–Crippen MR) is 143 cm³/mol. The van der Waals surface area contributed by atoms with Gasteiger partial charge in [0.05, 0.1) is 19.2 Å². The Labute approximate surface area is 222 Å². The molecule has 0 radical (unpaired) electrons. The van der Waals surface area contributed by atoms with Gasteiger partial charge in [0.15, 0.2) is 0 Å². The normalized spacial score (nSPS) is 22.8. The quantitative estimate of drug-likeness (QED) is 0.415. The minimum atomic E-state index is -0.667. The van der Waals surface area contributed by atoms with Crippen LogP contribution in [0, 0.1) is 11.3 Å². The molecule has 0 saturated carbocycles. The Morgan fingerprint density at radius 2 is 1.65 bits per heavy atom. The summed E-state index contributed by atoms with van der Waals surface area (Å²) in [5.74, 6) is -0.765. The van der Waals surface area contributed by atoms with Crippen LogP contribution < -0.4 is 10.6 Å². The molecule has 10 heteroatoms. The number of ether oxygens (including phenoxy) is 1. The zero-order valence-corrected chi connectivity index (χ0v) is 24.1. The van der Waals surface area contributed by atoms with Gasteiger partial charge in [-0.3, -0.25) is 29.0 Å². The second kappa shape index (κ2) is 13.6. The molecule has 10 nitrogen and oxygen atoms in total. The van der Waals surface area contributed by atoms with Gasteiger partial charge in [0.2, 0.25) is 17.7 Å². The van der Waals surface area contributed by atoms with Gasteiger partial charge in [0, 0.05) is 19.6 Å². The Balaban J connectivity index is 2.14. The smallest absolute Gasteiger partial charge is 0.325 e. The van der Waals surface area contributed by atoms with Gasteiger partial charge in [0.1, 0.15) is 12.6 Å². The first kappa shape index (κ1) is 31.0. The van der Waals surface area contributed by atoms with Crippen molar-refractivity contribution in [1.82, 2.24) is 25.3 Å². The lowest BCUT2D eigenvalue weighted by molar-refractivity contribution is -0.143. The lowest BCUT2D eigenvalue weighted by Crippen LogP contribution is -2.61. The van der Waals surface area contributed by atoms with E-state index < -0.39 is 17.4 Å². The van der Waals surface area contributed by atoms with Crippen molar-refractivity contribution in [2.45, 2.75) is 90.9 Å². The average Bonchev–Trinajstić information content (AvgIpc) is 3.30. The number of nitrogens with one attached hydrogen (secondary N) is 2. The monoisotopic (exact) mass is 523 g/mol. The molecule has 0 aromatic carbocycles. The molecule has 2 N–H and O–H groups in total. The van der Waals surface area contributed by atoms with Crippen molar-refractivity contribution in [2.24, 2.45) is 11.3 Å². The molecular weight excluding hydrogens is 474 g/mol. The van der Waals surface area contributed by atoms with Gasteiger partial charge in [-0.2, -0.15) is 0 Å². The highest BCUT2D eigenvalue weighted by Gasteiger charge is 2.41. The summed E-state index contributed by atoms with van der Waals surface area (Å²) >= 11 is 0. The van der Waals surface area contributed by atoms with E-state index in [0.29, 0.717) is 13.0 Å². The van der Waals surface area contributed by atoms with Gasteiger partial charge < -0.3 is 20.3 Å². The number of methoxy groups -OCH3 is 1.